The van der Waals surface area contributed by atoms with Crippen molar-refractivity contribution in [3.05, 3.63) is 288 Å². The van der Waals surface area contributed by atoms with E-state index in [1.165, 1.54) is 76.5 Å². The molecule has 6 atom stereocenters. The largest absolute Gasteiger partial charge is 1.00 e. The van der Waals surface area contributed by atoms with E-state index in [0.717, 1.165) is 38.4 Å². The van der Waals surface area contributed by atoms with Crippen LogP contribution < -0.4 is 49.6 Å². The average Bonchev–Trinajstić information content (AvgIpc) is 0.740. The predicted molar refractivity (Wildman–Crippen MR) is 396 cm³/mol. The van der Waals surface area contributed by atoms with Gasteiger partial charge in [-0.3, -0.25) is 19.4 Å². The number of β-lactam (4-membered cyclic amide) rings is 2. The van der Waals surface area contributed by atoms with Gasteiger partial charge in [-0.15, -0.1) is 23.5 Å². The van der Waals surface area contributed by atoms with E-state index in [1.54, 1.807) is 89.1 Å². The van der Waals surface area contributed by atoms with Gasteiger partial charge in [-0.1, -0.05) is 172 Å². The second-order valence-electron chi connectivity index (χ2n) is 25.6. The molecule has 2 aliphatic rings. The first kappa shape index (κ1) is 78.4. The molecule has 2 fully saturated rings. The van der Waals surface area contributed by atoms with Crippen LogP contribution in [0.15, 0.2) is 263 Å². The monoisotopic (exact) mass is 1460 g/mol. The zero-order chi connectivity index (χ0) is 72.2. The van der Waals surface area contributed by atoms with Crippen molar-refractivity contribution < 1.29 is 99.8 Å². The third-order valence-electron chi connectivity index (χ3n) is 18.0. The van der Waals surface area contributed by atoms with Gasteiger partial charge in [0, 0.05) is 32.3 Å². The van der Waals surface area contributed by atoms with Gasteiger partial charge < -0.3 is 43.5 Å². The van der Waals surface area contributed by atoms with Gasteiger partial charge in [-0.25, -0.2) is 17.2 Å². The molecule has 0 radical (unpaired) electrons. The Labute approximate surface area is 626 Å². The number of hydrogen-bond acceptors (Lipinski definition) is 15. The van der Waals surface area contributed by atoms with Crippen molar-refractivity contribution >= 4 is 77.7 Å². The van der Waals surface area contributed by atoms with Crippen LogP contribution in [0.1, 0.15) is 72.9 Å². The Hall–Kier alpha value is -7.75. The first-order chi connectivity index (χ1) is 48.3. The van der Waals surface area contributed by atoms with Crippen LogP contribution in [0.2, 0.25) is 18.1 Å². The molecule has 0 bridgehead atoms. The normalized spacial score (nSPS) is 16.4. The molecule has 2 heterocycles. The SMILES string of the molecule is CSc1ccc(-c2ccc([C@@H]3[C@@H](OC[C@H](O[Si](C)(C)C(C)(C)C)c4ccc(F)cc4)C(=O)N3c3ccccc3)c(OCc3ccccc3)c2)cc1.CSc1ccc(B(O)O)cc1.O=C1[C@H](OC[C@H](O)c2ccc(F)cc2)[C@@H](c2ccc(-c3ccc(S(=O)(=O)[O-])cc3)cc2O)N1c1ccccc1.[Na+]. The summed E-state index contributed by atoms with van der Waals surface area (Å²) in [5.41, 5.74) is 8.69. The van der Waals surface area contributed by atoms with Gasteiger partial charge in [0.2, 0.25) is 0 Å². The number of benzene rings is 10. The number of phenolic OH excluding ortho intramolecular Hbond substituents is 1. The van der Waals surface area contributed by atoms with Crippen LogP contribution in [-0.4, -0.2) is 98.4 Å². The maximum absolute atomic E-state index is 14.1. The Morgan fingerprint density at radius 3 is 1.47 bits per heavy atom. The fourth-order valence-electron chi connectivity index (χ4n) is 11.3. The molecule has 2 amide bonds. The summed E-state index contributed by atoms with van der Waals surface area (Å²) >= 11 is 3.33. The van der Waals surface area contributed by atoms with Gasteiger partial charge in [0.1, 0.15) is 58.0 Å². The molecule has 12 rings (SSSR count). The third kappa shape index (κ3) is 19.3. The number of carbonyl (C=O) groups is 2. The molecule has 102 heavy (non-hydrogen) atoms. The van der Waals surface area contributed by atoms with E-state index in [9.17, 15) is 41.6 Å². The molecule has 0 spiro atoms. The van der Waals surface area contributed by atoms with Crippen LogP contribution in [-0.2, 0) is 40.2 Å². The Kier molecular flexibility index (Phi) is 27.0. The average molecular weight is 1460 g/mol. The number of halogens is 2. The number of ether oxygens (including phenoxy) is 3. The number of anilines is 2. The fourth-order valence-corrected chi connectivity index (χ4v) is 13.9. The Bertz CT molecular complexity index is 4520. The Balaban J connectivity index is 0.000000209. The fraction of sp³-hybridized carbons (Fsp3) is 0.215. The summed E-state index contributed by atoms with van der Waals surface area (Å²) in [7, 11) is -8.22. The summed E-state index contributed by atoms with van der Waals surface area (Å²) in [5.74, 6) is -0.684. The van der Waals surface area contributed by atoms with Crippen molar-refractivity contribution in [2.24, 2.45) is 0 Å². The van der Waals surface area contributed by atoms with Crippen molar-refractivity contribution in [1.29, 1.82) is 0 Å². The maximum atomic E-state index is 14.1. The molecule has 0 unspecified atom stereocenters. The van der Waals surface area contributed by atoms with Crippen LogP contribution in [0.4, 0.5) is 20.2 Å². The van der Waals surface area contributed by atoms with Gasteiger partial charge in [-0.05, 0) is 172 Å². The van der Waals surface area contributed by atoms with Gasteiger partial charge in [0.05, 0.1) is 24.2 Å². The zero-order valence-corrected chi connectivity index (χ0v) is 63.1. The molecule has 10 aromatic rings. The standard InChI is InChI=1S/C43H46FNO4SSi.C29H24FNO7S.C7H9BO2S.Na/c1-43(2,3)51(5,6)49-39(32-17-22-34(44)23-18-32)29-48-41-40(45(42(41)46)35-15-11-8-12-16-35)37-26-21-33(31-19-24-36(50-4)25-20-31)27-38(37)47-28-30-13-9-7-10-14-30;30-21-11-6-19(7-12-21)26(33)17-38-28-27(31(29(28)34)22-4-2-1-3-5-22)24-15-10-20(16-25(24)32)18-8-13-23(14-9-18)39(35,36)37;1-11-7-4-2-6(3-5-7)8(9)10;/h7-27,39-41H,28-29H2,1-6H3;1-16,26-28,32-33H,17H2,(H,35,36,37);2-5,9-10H,1H3;/q;;;+1/p-1/t39-,40+,41+;26-,27+,28+;;/m00../s1. The molecular formula is C79H78BF2N2NaO13S3Si. The molecule has 10 aromatic carbocycles. The number of aliphatic hydroxyl groups excluding tert-OH is 1. The van der Waals surface area contributed by atoms with E-state index in [2.05, 4.69) is 82.6 Å². The molecule has 0 saturated carbocycles. The van der Waals surface area contributed by atoms with E-state index in [4.69, 9.17) is 28.7 Å². The van der Waals surface area contributed by atoms with Gasteiger partial charge in [0.15, 0.2) is 20.5 Å². The van der Waals surface area contributed by atoms with Crippen molar-refractivity contribution in [1.82, 2.24) is 0 Å². The summed E-state index contributed by atoms with van der Waals surface area (Å²) in [4.78, 5) is 32.5. The van der Waals surface area contributed by atoms with Gasteiger partial charge >= 0.3 is 36.7 Å². The van der Waals surface area contributed by atoms with E-state index in [-0.39, 0.29) is 76.1 Å². The Morgan fingerprint density at radius 2 is 1.00 bits per heavy atom. The van der Waals surface area contributed by atoms with Crippen molar-refractivity contribution in [3.8, 4) is 33.8 Å². The second kappa shape index (κ2) is 35.2. The smallest absolute Gasteiger partial charge is 0.744 e. The quantitative estimate of drug-likeness (QED) is 0.0203. The van der Waals surface area contributed by atoms with Crippen LogP contribution in [0, 0.1) is 11.6 Å². The van der Waals surface area contributed by atoms with E-state index in [0.29, 0.717) is 45.8 Å². The second-order valence-corrected chi connectivity index (χ2v) is 33.5. The molecule has 2 aliphatic heterocycles. The maximum Gasteiger partial charge on any atom is 1.00 e. The van der Waals surface area contributed by atoms with Crippen LogP contribution in [0.25, 0.3) is 22.3 Å². The molecular weight excluding hydrogens is 1380 g/mol. The van der Waals surface area contributed by atoms with Gasteiger partial charge in [-0.2, -0.15) is 0 Å². The summed E-state index contributed by atoms with van der Waals surface area (Å²) in [6, 6.07) is 71.1. The number of hydrogen-bond donors (Lipinski definition) is 4. The minimum atomic E-state index is -4.58. The molecule has 23 heteroatoms. The Morgan fingerprint density at radius 1 is 0.569 bits per heavy atom. The van der Waals surface area contributed by atoms with Crippen molar-refractivity contribution in [3.63, 3.8) is 0 Å². The molecule has 0 aromatic heterocycles. The number of thioether (sulfide) groups is 2. The topological polar surface area (TPSA) is 216 Å². The molecule has 15 nitrogen and oxygen atoms in total. The molecule has 522 valence electrons. The van der Waals surface area contributed by atoms with Crippen molar-refractivity contribution in [2.75, 3.05) is 35.5 Å². The number of aromatic hydroxyl groups is 1. The number of amides is 2. The van der Waals surface area contributed by atoms with Crippen molar-refractivity contribution in [2.45, 2.75) is 96.7 Å². The van der Waals surface area contributed by atoms with E-state index in [1.807, 2.05) is 85.1 Å². The zero-order valence-electron chi connectivity index (χ0n) is 57.7. The summed E-state index contributed by atoms with van der Waals surface area (Å²) < 4.78 is 86.8. The first-order valence-corrected chi connectivity index (χ1v) is 39.3. The number of rotatable bonds is 23. The number of aliphatic hydroxyl groups is 1. The van der Waals surface area contributed by atoms with Gasteiger partial charge in [0.25, 0.3) is 11.8 Å². The summed E-state index contributed by atoms with van der Waals surface area (Å²) in [6.45, 7) is 11.2. The van der Waals surface area contributed by atoms with E-state index < -0.39 is 67.9 Å². The molecule has 0 aliphatic carbocycles. The minimum absolute atomic E-state index is 0. The molecule has 4 N–H and O–H groups in total. The number of carbonyl (C=O) groups excluding carboxylic acids is 2. The first-order valence-electron chi connectivity index (χ1n) is 32.5. The predicted octanol–water partition coefficient (Wildman–Crippen LogP) is 12.4. The summed E-state index contributed by atoms with van der Waals surface area (Å²) in [6.07, 6.45) is 0.676. The van der Waals surface area contributed by atoms with Crippen LogP contribution in [0.3, 0.4) is 0 Å². The number of para-hydroxylation sites is 2. The van der Waals surface area contributed by atoms with E-state index >= 15 is 0 Å². The van der Waals surface area contributed by atoms with Crippen LogP contribution in [0.5, 0.6) is 11.5 Å². The molecule has 2 saturated heterocycles. The number of nitrogens with zero attached hydrogens (tertiary/aromatic N) is 2. The van der Waals surface area contributed by atoms with Crippen LogP contribution >= 0.6 is 23.5 Å². The minimum Gasteiger partial charge on any atom is -0.744 e. The number of phenols is 1. The summed E-state index contributed by atoms with van der Waals surface area (Å²) in [5, 5.41) is 38.9. The third-order valence-corrected chi connectivity index (χ3v) is 24.8.